The molecule has 1 aromatic carbocycles. The van der Waals surface area contributed by atoms with Crippen molar-refractivity contribution < 1.29 is 24.2 Å². The Kier molecular flexibility index (Phi) is 6.25. The van der Waals surface area contributed by atoms with Crippen molar-refractivity contribution in [3.05, 3.63) is 23.3 Å². The molecule has 1 amide bonds. The van der Waals surface area contributed by atoms with Crippen molar-refractivity contribution in [3.63, 3.8) is 0 Å². The third kappa shape index (κ3) is 4.42. The molecule has 2 N–H and O–H groups in total. The van der Waals surface area contributed by atoms with Gasteiger partial charge in [-0.2, -0.15) is 0 Å². The average Bonchev–Trinajstić information content (AvgIpc) is 2.55. The largest absolute Gasteiger partial charge is 0.493 e. The van der Waals surface area contributed by atoms with Crippen molar-refractivity contribution in [2.24, 2.45) is 0 Å². The lowest BCUT2D eigenvalue weighted by Crippen LogP contribution is -2.54. The number of hydrogen-bond acceptors (Lipinski definition) is 5. The first-order chi connectivity index (χ1) is 11.9. The molecule has 0 saturated heterocycles. The number of aliphatic carboxylic acids is 1. The molecule has 1 aromatic rings. The topological polar surface area (TPSA) is 88.1 Å². The summed E-state index contributed by atoms with van der Waals surface area (Å²) in [6, 6.07) is 3.73. The standard InChI is InChI=1S/C18H26N2O5/c1-5-20(10-17(21)22)13-7-12(8-13)19-18(23)14-9-16(25-4)15(24-3)6-11(14)2/h6,9,12-13H,5,7-8,10H2,1-4H3,(H,19,23)(H,21,22). The summed E-state index contributed by atoms with van der Waals surface area (Å²) in [6.07, 6.45) is 1.53. The molecule has 2 rings (SSSR count). The van der Waals surface area contributed by atoms with E-state index in [0.717, 1.165) is 18.4 Å². The monoisotopic (exact) mass is 350 g/mol. The summed E-state index contributed by atoms with van der Waals surface area (Å²) in [4.78, 5) is 25.3. The summed E-state index contributed by atoms with van der Waals surface area (Å²) >= 11 is 0. The molecule has 0 heterocycles. The van der Waals surface area contributed by atoms with E-state index in [1.807, 2.05) is 18.7 Å². The second-order valence-corrected chi connectivity index (χ2v) is 6.27. The number of ether oxygens (including phenoxy) is 2. The number of hydrogen-bond donors (Lipinski definition) is 2. The molecule has 0 aliphatic heterocycles. The molecular weight excluding hydrogens is 324 g/mol. The maximum atomic E-state index is 12.5. The first kappa shape index (κ1) is 19.1. The van der Waals surface area contributed by atoms with E-state index >= 15 is 0 Å². The van der Waals surface area contributed by atoms with Crippen molar-refractivity contribution in [1.82, 2.24) is 10.2 Å². The van der Waals surface area contributed by atoms with Gasteiger partial charge in [0, 0.05) is 17.6 Å². The lowest BCUT2D eigenvalue weighted by atomic mass is 9.85. The van der Waals surface area contributed by atoms with Crippen molar-refractivity contribution in [1.29, 1.82) is 0 Å². The second kappa shape index (κ2) is 8.20. The fourth-order valence-corrected chi connectivity index (χ4v) is 3.17. The van der Waals surface area contributed by atoms with E-state index in [0.29, 0.717) is 23.6 Å². The maximum absolute atomic E-state index is 12.5. The highest BCUT2D eigenvalue weighted by atomic mass is 16.5. The van der Waals surface area contributed by atoms with Gasteiger partial charge in [-0.15, -0.1) is 0 Å². The molecule has 0 radical (unpaired) electrons. The molecule has 138 valence electrons. The number of likely N-dealkylation sites (N-methyl/N-ethyl adjacent to an activating group) is 1. The average molecular weight is 350 g/mol. The molecule has 1 saturated carbocycles. The van der Waals surface area contributed by atoms with E-state index in [1.165, 1.54) is 7.11 Å². The highest BCUT2D eigenvalue weighted by Gasteiger charge is 2.35. The van der Waals surface area contributed by atoms with E-state index in [9.17, 15) is 9.59 Å². The Morgan fingerprint density at radius 3 is 2.36 bits per heavy atom. The number of rotatable bonds is 8. The number of benzene rings is 1. The summed E-state index contributed by atoms with van der Waals surface area (Å²) in [5, 5.41) is 11.9. The zero-order valence-electron chi connectivity index (χ0n) is 15.2. The molecule has 0 aromatic heterocycles. The Morgan fingerprint density at radius 1 is 1.24 bits per heavy atom. The van der Waals surface area contributed by atoms with Gasteiger partial charge in [0.2, 0.25) is 0 Å². The van der Waals surface area contributed by atoms with Crippen LogP contribution in [0.5, 0.6) is 11.5 Å². The Morgan fingerprint density at radius 2 is 1.84 bits per heavy atom. The number of nitrogens with zero attached hydrogens (tertiary/aromatic N) is 1. The molecule has 25 heavy (non-hydrogen) atoms. The van der Waals surface area contributed by atoms with Crippen LogP contribution < -0.4 is 14.8 Å². The highest BCUT2D eigenvalue weighted by molar-refractivity contribution is 5.96. The minimum absolute atomic E-state index is 0.0383. The number of carboxylic acid groups (broad SMARTS) is 1. The molecule has 0 unspecified atom stereocenters. The minimum Gasteiger partial charge on any atom is -0.493 e. The van der Waals surface area contributed by atoms with Crippen LogP contribution in [0.15, 0.2) is 12.1 Å². The van der Waals surface area contributed by atoms with Gasteiger partial charge in [0.1, 0.15) is 0 Å². The van der Waals surface area contributed by atoms with Crippen LogP contribution in [0.4, 0.5) is 0 Å². The van der Waals surface area contributed by atoms with Crippen molar-refractivity contribution in [3.8, 4) is 11.5 Å². The zero-order chi connectivity index (χ0) is 18.6. The number of carboxylic acids is 1. The normalized spacial score (nSPS) is 19.2. The van der Waals surface area contributed by atoms with Gasteiger partial charge in [0.25, 0.3) is 5.91 Å². The van der Waals surface area contributed by atoms with Gasteiger partial charge in [-0.1, -0.05) is 6.92 Å². The molecule has 1 aliphatic rings. The number of methoxy groups -OCH3 is 2. The van der Waals surface area contributed by atoms with Crippen molar-refractivity contribution in [2.45, 2.75) is 38.8 Å². The number of carbonyl (C=O) groups excluding carboxylic acids is 1. The van der Waals surface area contributed by atoms with Crippen LogP contribution in [0.2, 0.25) is 0 Å². The number of nitrogens with one attached hydrogen (secondary N) is 1. The minimum atomic E-state index is -0.824. The number of amides is 1. The van der Waals surface area contributed by atoms with Gasteiger partial charge in [-0.25, -0.2) is 0 Å². The zero-order valence-corrected chi connectivity index (χ0v) is 15.2. The van der Waals surface area contributed by atoms with Crippen LogP contribution in [0.1, 0.15) is 35.7 Å². The number of aryl methyl sites for hydroxylation is 1. The highest BCUT2D eigenvalue weighted by Crippen LogP contribution is 2.31. The fourth-order valence-electron chi connectivity index (χ4n) is 3.17. The van der Waals surface area contributed by atoms with E-state index in [-0.39, 0.29) is 24.5 Å². The van der Waals surface area contributed by atoms with Crippen molar-refractivity contribution in [2.75, 3.05) is 27.3 Å². The van der Waals surface area contributed by atoms with E-state index in [4.69, 9.17) is 14.6 Å². The van der Waals surface area contributed by atoms with Crippen molar-refractivity contribution >= 4 is 11.9 Å². The molecular formula is C18H26N2O5. The predicted octanol–water partition coefficient (Wildman–Crippen LogP) is 1.68. The first-order valence-corrected chi connectivity index (χ1v) is 8.38. The molecule has 0 atom stereocenters. The van der Waals surface area contributed by atoms with Crippen LogP contribution in [0.25, 0.3) is 0 Å². The van der Waals surface area contributed by atoms with Crippen LogP contribution in [-0.2, 0) is 4.79 Å². The van der Waals surface area contributed by atoms with Crippen LogP contribution in [0.3, 0.4) is 0 Å². The van der Waals surface area contributed by atoms with Gasteiger partial charge in [-0.05, 0) is 44.0 Å². The smallest absolute Gasteiger partial charge is 0.317 e. The van der Waals surface area contributed by atoms with E-state index in [1.54, 1.807) is 19.2 Å². The summed E-state index contributed by atoms with van der Waals surface area (Å²) in [5.41, 5.74) is 1.37. The molecule has 7 nitrogen and oxygen atoms in total. The Balaban J connectivity index is 1.97. The Labute approximate surface area is 147 Å². The third-order valence-corrected chi connectivity index (χ3v) is 4.68. The van der Waals surface area contributed by atoms with Gasteiger partial charge >= 0.3 is 5.97 Å². The van der Waals surface area contributed by atoms with Crippen LogP contribution in [0, 0.1) is 6.92 Å². The van der Waals surface area contributed by atoms with Gasteiger partial charge < -0.3 is 19.9 Å². The summed E-state index contributed by atoms with van der Waals surface area (Å²) in [7, 11) is 3.09. The van der Waals surface area contributed by atoms with E-state index < -0.39 is 5.97 Å². The Hall–Kier alpha value is -2.28. The fraction of sp³-hybridized carbons (Fsp3) is 0.556. The molecule has 1 aliphatic carbocycles. The van der Waals surface area contributed by atoms with Crippen LogP contribution in [-0.4, -0.2) is 61.3 Å². The third-order valence-electron chi connectivity index (χ3n) is 4.68. The van der Waals surface area contributed by atoms with Gasteiger partial charge in [0.15, 0.2) is 11.5 Å². The molecule has 7 heteroatoms. The quantitative estimate of drug-likeness (QED) is 0.742. The molecule has 1 fully saturated rings. The maximum Gasteiger partial charge on any atom is 0.317 e. The first-order valence-electron chi connectivity index (χ1n) is 8.38. The Bertz CT molecular complexity index is 641. The second-order valence-electron chi connectivity index (χ2n) is 6.27. The lowest BCUT2D eigenvalue weighted by molar-refractivity contribution is -0.139. The van der Waals surface area contributed by atoms with Crippen LogP contribution >= 0.6 is 0 Å². The van der Waals surface area contributed by atoms with E-state index in [2.05, 4.69) is 5.32 Å². The van der Waals surface area contributed by atoms with Gasteiger partial charge in [0.05, 0.1) is 20.8 Å². The number of carbonyl (C=O) groups is 2. The molecule has 0 spiro atoms. The summed E-state index contributed by atoms with van der Waals surface area (Å²) in [6.45, 7) is 4.52. The lowest BCUT2D eigenvalue weighted by Gasteiger charge is -2.42. The van der Waals surface area contributed by atoms with Gasteiger partial charge in [-0.3, -0.25) is 14.5 Å². The predicted molar refractivity (Wildman–Crippen MR) is 93.4 cm³/mol. The summed E-state index contributed by atoms with van der Waals surface area (Å²) in [5.74, 6) is 0.134. The summed E-state index contributed by atoms with van der Waals surface area (Å²) < 4.78 is 10.5. The molecule has 0 bridgehead atoms. The SMILES string of the molecule is CCN(CC(=O)O)C1CC(NC(=O)c2cc(OC)c(OC)cc2C)C1.